The Labute approximate surface area is 152 Å². The van der Waals surface area contributed by atoms with Crippen molar-refractivity contribution in [3.8, 4) is 0 Å². The maximum absolute atomic E-state index is 5.85. The Morgan fingerprint density at radius 2 is 1.96 bits per heavy atom. The molecule has 0 atom stereocenters. The summed E-state index contributed by atoms with van der Waals surface area (Å²) in [6.45, 7) is 2.72. The van der Waals surface area contributed by atoms with Crippen LogP contribution < -0.4 is 16.4 Å². The van der Waals surface area contributed by atoms with Gasteiger partial charge in [-0.25, -0.2) is 9.97 Å². The molecule has 0 saturated heterocycles. The van der Waals surface area contributed by atoms with Crippen molar-refractivity contribution < 1.29 is 0 Å². The molecular weight excluding hydrogens is 355 g/mol. The van der Waals surface area contributed by atoms with Gasteiger partial charge in [-0.1, -0.05) is 0 Å². The Morgan fingerprint density at radius 3 is 2.52 bits per heavy atom. The number of halogens is 2. The second kappa shape index (κ2) is 8.10. The molecule has 128 valence electrons. The van der Waals surface area contributed by atoms with Gasteiger partial charge in [0, 0.05) is 36.1 Å². The third kappa shape index (κ3) is 4.67. The fourth-order valence-corrected chi connectivity index (χ4v) is 3.36. The van der Waals surface area contributed by atoms with E-state index >= 15 is 0 Å². The van der Waals surface area contributed by atoms with E-state index in [1.807, 2.05) is 20.0 Å². The summed E-state index contributed by atoms with van der Waals surface area (Å²) in [7, 11) is 1.99. The fourth-order valence-electron chi connectivity index (χ4n) is 2.54. The van der Waals surface area contributed by atoms with Crippen LogP contribution in [0.15, 0.2) is 11.4 Å². The minimum atomic E-state index is 0. The molecule has 4 N–H and O–H groups in total. The van der Waals surface area contributed by atoms with Gasteiger partial charge in [0.05, 0.1) is 12.2 Å². The molecule has 0 aromatic carbocycles. The Hall–Kier alpha value is -1.15. The summed E-state index contributed by atoms with van der Waals surface area (Å²) in [4.78, 5) is 15.2. The molecule has 9 heteroatoms. The molecule has 1 fully saturated rings. The van der Waals surface area contributed by atoms with Crippen molar-refractivity contribution in [1.29, 1.82) is 0 Å². The molecule has 2 aromatic heterocycles. The average molecular weight is 377 g/mol. The molecule has 1 saturated carbocycles. The van der Waals surface area contributed by atoms with Crippen LogP contribution in [0, 0.1) is 6.92 Å². The van der Waals surface area contributed by atoms with Crippen molar-refractivity contribution >= 4 is 47.9 Å². The number of rotatable bonds is 4. The second-order valence-electron chi connectivity index (χ2n) is 5.68. The minimum Gasteiger partial charge on any atom is -0.368 e. The van der Waals surface area contributed by atoms with Gasteiger partial charge in [0.2, 0.25) is 5.95 Å². The molecule has 0 aliphatic heterocycles. The van der Waals surface area contributed by atoms with Gasteiger partial charge < -0.3 is 16.4 Å². The highest BCUT2D eigenvalue weighted by molar-refractivity contribution is 7.09. The molecule has 0 spiro atoms. The molecule has 1 aliphatic carbocycles. The summed E-state index contributed by atoms with van der Waals surface area (Å²) in [6, 6.07) is 2.32. The predicted octanol–water partition coefficient (Wildman–Crippen LogP) is 2.51. The quantitative estimate of drug-likeness (QED) is 0.850. The maximum atomic E-state index is 5.85. The standard InChI is InChI=1S/C14H20N6S.2ClH/c1-8-7-21-13(17-8)6-20(2)12-5-11(18-14(16)19-12)9-3-10(15)4-9;;/h5,7,9-10H,3-4,6,15H2,1-2H3,(H2,16,18,19);2*1H. The van der Waals surface area contributed by atoms with Crippen LogP contribution in [0.3, 0.4) is 0 Å². The van der Waals surface area contributed by atoms with Crippen molar-refractivity contribution in [2.75, 3.05) is 17.7 Å². The van der Waals surface area contributed by atoms with Crippen LogP contribution in [0.4, 0.5) is 11.8 Å². The third-order valence-corrected chi connectivity index (χ3v) is 4.72. The van der Waals surface area contributed by atoms with Gasteiger partial charge in [0.25, 0.3) is 0 Å². The highest BCUT2D eigenvalue weighted by Crippen LogP contribution is 2.35. The van der Waals surface area contributed by atoms with Crippen molar-refractivity contribution in [2.45, 2.75) is 38.3 Å². The SMILES string of the molecule is Cc1csc(CN(C)c2cc(C3CC(N)C3)nc(N)n2)n1.Cl.Cl. The van der Waals surface area contributed by atoms with Crippen LogP contribution in [0.2, 0.25) is 0 Å². The van der Waals surface area contributed by atoms with Gasteiger partial charge in [0.15, 0.2) is 0 Å². The van der Waals surface area contributed by atoms with E-state index in [1.165, 1.54) is 0 Å². The lowest BCUT2D eigenvalue weighted by atomic mass is 9.78. The monoisotopic (exact) mass is 376 g/mol. The van der Waals surface area contributed by atoms with Crippen LogP contribution in [-0.2, 0) is 6.54 Å². The van der Waals surface area contributed by atoms with Crippen molar-refractivity contribution in [1.82, 2.24) is 15.0 Å². The molecule has 3 rings (SSSR count). The smallest absolute Gasteiger partial charge is 0.222 e. The summed E-state index contributed by atoms with van der Waals surface area (Å²) in [5, 5.41) is 3.12. The number of nitrogens with zero attached hydrogens (tertiary/aromatic N) is 4. The molecule has 0 amide bonds. The van der Waals surface area contributed by atoms with Gasteiger partial charge in [-0.3, -0.25) is 0 Å². The normalized spacial score (nSPS) is 19.3. The van der Waals surface area contributed by atoms with E-state index in [-0.39, 0.29) is 24.8 Å². The van der Waals surface area contributed by atoms with E-state index in [0.29, 0.717) is 17.9 Å². The highest BCUT2D eigenvalue weighted by Gasteiger charge is 2.29. The number of anilines is 2. The van der Waals surface area contributed by atoms with Crippen molar-refractivity contribution in [3.05, 3.63) is 27.8 Å². The van der Waals surface area contributed by atoms with Crippen LogP contribution >= 0.6 is 36.2 Å². The Bertz CT molecular complexity index is 644. The number of nitrogen functional groups attached to an aromatic ring is 1. The summed E-state index contributed by atoms with van der Waals surface area (Å²) < 4.78 is 0. The van der Waals surface area contributed by atoms with E-state index in [0.717, 1.165) is 41.6 Å². The number of aryl methyl sites for hydroxylation is 1. The van der Waals surface area contributed by atoms with E-state index in [9.17, 15) is 0 Å². The fraction of sp³-hybridized carbons (Fsp3) is 0.500. The topological polar surface area (TPSA) is 94.0 Å². The zero-order valence-electron chi connectivity index (χ0n) is 13.1. The van der Waals surface area contributed by atoms with Crippen molar-refractivity contribution in [3.63, 3.8) is 0 Å². The molecule has 6 nitrogen and oxygen atoms in total. The van der Waals surface area contributed by atoms with E-state index in [4.69, 9.17) is 11.5 Å². The molecule has 0 bridgehead atoms. The van der Waals surface area contributed by atoms with Crippen molar-refractivity contribution in [2.24, 2.45) is 5.73 Å². The zero-order valence-corrected chi connectivity index (χ0v) is 15.5. The van der Waals surface area contributed by atoms with Gasteiger partial charge in [-0.2, -0.15) is 4.98 Å². The second-order valence-corrected chi connectivity index (χ2v) is 6.62. The Morgan fingerprint density at radius 1 is 1.26 bits per heavy atom. The first-order valence-corrected chi connectivity index (χ1v) is 7.91. The van der Waals surface area contributed by atoms with E-state index in [1.54, 1.807) is 11.3 Å². The first-order valence-electron chi connectivity index (χ1n) is 7.03. The summed E-state index contributed by atoms with van der Waals surface area (Å²) in [5.41, 5.74) is 13.8. The minimum absolute atomic E-state index is 0. The highest BCUT2D eigenvalue weighted by atomic mass is 35.5. The number of hydrogen-bond acceptors (Lipinski definition) is 7. The van der Waals surface area contributed by atoms with Gasteiger partial charge in [0.1, 0.15) is 10.8 Å². The Balaban J connectivity index is 0.00000132. The molecule has 2 aromatic rings. The summed E-state index contributed by atoms with van der Waals surface area (Å²) >= 11 is 1.66. The summed E-state index contributed by atoms with van der Waals surface area (Å²) in [5.74, 6) is 1.58. The lowest BCUT2D eigenvalue weighted by molar-refractivity contribution is 0.345. The van der Waals surface area contributed by atoms with Gasteiger partial charge in [-0.15, -0.1) is 36.2 Å². The predicted molar refractivity (Wildman–Crippen MR) is 99.8 cm³/mol. The number of aromatic nitrogens is 3. The molecular formula is C14H22Cl2N6S. The molecule has 0 radical (unpaired) electrons. The first-order chi connectivity index (χ1) is 10.0. The van der Waals surface area contributed by atoms with E-state index in [2.05, 4.69) is 25.2 Å². The largest absolute Gasteiger partial charge is 0.368 e. The third-order valence-electron chi connectivity index (χ3n) is 3.77. The first kappa shape index (κ1) is 19.9. The van der Waals surface area contributed by atoms with Crippen LogP contribution in [0.1, 0.15) is 35.2 Å². The van der Waals surface area contributed by atoms with Crippen LogP contribution in [0.25, 0.3) is 0 Å². The number of nitrogens with two attached hydrogens (primary N) is 2. The molecule has 0 unspecified atom stereocenters. The molecule has 23 heavy (non-hydrogen) atoms. The van der Waals surface area contributed by atoms with Crippen LogP contribution in [0.5, 0.6) is 0 Å². The van der Waals surface area contributed by atoms with Gasteiger partial charge >= 0.3 is 0 Å². The Kier molecular flexibility index (Phi) is 7.01. The maximum Gasteiger partial charge on any atom is 0.222 e. The lowest BCUT2D eigenvalue weighted by Crippen LogP contribution is -2.35. The van der Waals surface area contributed by atoms with E-state index < -0.39 is 0 Å². The number of hydrogen-bond donors (Lipinski definition) is 2. The average Bonchev–Trinajstić information content (AvgIpc) is 2.79. The number of thiazole rings is 1. The lowest BCUT2D eigenvalue weighted by Gasteiger charge is -2.32. The molecule has 1 aliphatic rings. The molecule has 2 heterocycles. The van der Waals surface area contributed by atoms with Gasteiger partial charge in [-0.05, 0) is 19.8 Å². The zero-order chi connectivity index (χ0) is 15.0. The summed E-state index contributed by atoms with van der Waals surface area (Å²) in [6.07, 6.45) is 1.95. The van der Waals surface area contributed by atoms with Crippen LogP contribution in [-0.4, -0.2) is 28.0 Å².